The number of aromatic nitrogens is 2. The van der Waals surface area contributed by atoms with Crippen LogP contribution in [0.2, 0.25) is 0 Å². The molecule has 0 spiro atoms. The number of nitrogens with zero attached hydrogens (tertiary/aromatic N) is 2. The smallest absolute Gasteiger partial charge is 0.267 e. The fraction of sp³-hybridized carbons (Fsp3) is 0.350. The molecule has 0 aliphatic heterocycles. The number of fused-ring (bicyclic) bond motifs is 3. The number of carbonyl (C=O) groups is 1. The van der Waals surface area contributed by atoms with Crippen LogP contribution in [0.1, 0.15) is 34.4 Å². The van der Waals surface area contributed by atoms with E-state index in [1.165, 1.54) is 22.2 Å². The zero-order valence-electron chi connectivity index (χ0n) is 15.4. The summed E-state index contributed by atoms with van der Waals surface area (Å²) in [5.41, 5.74) is 9.35. The molecule has 2 heterocycles. The molecule has 7 heteroatoms. The van der Waals surface area contributed by atoms with E-state index in [1.54, 1.807) is 15.9 Å². The van der Waals surface area contributed by atoms with Crippen molar-refractivity contribution in [3.8, 4) is 5.69 Å². The maximum Gasteiger partial charge on any atom is 0.267 e. The largest absolute Gasteiger partial charge is 0.369 e. The van der Waals surface area contributed by atoms with Gasteiger partial charge < -0.3 is 5.73 Å². The summed E-state index contributed by atoms with van der Waals surface area (Å²) in [5, 5.41) is 1.28. The number of amides is 1. The van der Waals surface area contributed by atoms with Gasteiger partial charge in [-0.1, -0.05) is 23.9 Å². The Bertz CT molecular complexity index is 1110. The van der Waals surface area contributed by atoms with Gasteiger partial charge in [-0.2, -0.15) is 0 Å². The normalized spacial score (nSPS) is 13.7. The van der Waals surface area contributed by atoms with Gasteiger partial charge in [-0.25, -0.2) is 4.98 Å². The van der Waals surface area contributed by atoms with Crippen LogP contribution in [-0.4, -0.2) is 21.2 Å². The van der Waals surface area contributed by atoms with E-state index in [4.69, 9.17) is 10.7 Å². The number of thioether (sulfide) groups is 1. The van der Waals surface area contributed by atoms with E-state index in [9.17, 15) is 9.59 Å². The van der Waals surface area contributed by atoms with Gasteiger partial charge in [-0.15, -0.1) is 11.3 Å². The van der Waals surface area contributed by atoms with Gasteiger partial charge in [0.2, 0.25) is 5.91 Å². The lowest BCUT2D eigenvalue weighted by molar-refractivity contribution is -0.115. The van der Waals surface area contributed by atoms with Crippen LogP contribution in [0.5, 0.6) is 0 Å². The van der Waals surface area contributed by atoms with Crippen LogP contribution in [0.3, 0.4) is 0 Å². The van der Waals surface area contributed by atoms with Crippen molar-refractivity contribution in [1.82, 2.24) is 9.55 Å². The second-order valence-electron chi connectivity index (χ2n) is 6.97. The summed E-state index contributed by atoms with van der Waals surface area (Å²) in [6, 6.07) is 6.03. The Balaban J connectivity index is 2.02. The monoisotopic (exact) mass is 399 g/mol. The van der Waals surface area contributed by atoms with Crippen molar-refractivity contribution in [1.29, 1.82) is 0 Å². The van der Waals surface area contributed by atoms with Crippen LogP contribution in [-0.2, 0) is 17.6 Å². The average Bonchev–Trinajstić information content (AvgIpc) is 3.01. The first-order valence-electron chi connectivity index (χ1n) is 9.01. The number of hydrogen-bond donors (Lipinski definition) is 1. The van der Waals surface area contributed by atoms with E-state index in [-0.39, 0.29) is 11.3 Å². The fourth-order valence-corrected chi connectivity index (χ4v) is 5.64. The molecule has 0 atom stereocenters. The summed E-state index contributed by atoms with van der Waals surface area (Å²) in [7, 11) is 0. The standard InChI is InChI=1S/C20H21N3O2S2/c1-11-7-8-12(2)14(9-11)23-19(25)17-13-5-3-4-6-15(13)27-18(17)22-20(23)26-10-16(21)24/h7-9H,3-6,10H2,1-2H3,(H2,21,24). The highest BCUT2D eigenvalue weighted by Crippen LogP contribution is 2.35. The van der Waals surface area contributed by atoms with Crippen LogP contribution < -0.4 is 11.3 Å². The molecule has 0 unspecified atom stereocenters. The first kappa shape index (κ1) is 18.3. The predicted octanol–water partition coefficient (Wildman–Crippen LogP) is 3.52. The minimum atomic E-state index is -0.424. The molecule has 2 aromatic heterocycles. The minimum absolute atomic E-state index is 0.0416. The molecule has 0 bridgehead atoms. The topological polar surface area (TPSA) is 78.0 Å². The third-order valence-electron chi connectivity index (χ3n) is 4.91. The van der Waals surface area contributed by atoms with Crippen molar-refractivity contribution in [3.63, 3.8) is 0 Å². The van der Waals surface area contributed by atoms with Gasteiger partial charge in [0.1, 0.15) is 4.83 Å². The van der Waals surface area contributed by atoms with Crippen molar-refractivity contribution < 1.29 is 4.79 Å². The van der Waals surface area contributed by atoms with Crippen molar-refractivity contribution in [2.75, 3.05) is 5.75 Å². The number of hydrogen-bond acceptors (Lipinski definition) is 5. The molecular formula is C20H21N3O2S2. The SMILES string of the molecule is Cc1ccc(C)c(-n2c(SCC(N)=O)nc3sc4c(c3c2=O)CCCC4)c1. The molecular weight excluding hydrogens is 378 g/mol. The van der Waals surface area contributed by atoms with Gasteiger partial charge in [0.15, 0.2) is 5.16 Å². The molecule has 140 valence electrons. The maximum atomic E-state index is 13.6. The molecule has 0 saturated carbocycles. The number of benzene rings is 1. The highest BCUT2D eigenvalue weighted by atomic mass is 32.2. The van der Waals surface area contributed by atoms with Crippen LogP contribution in [0.25, 0.3) is 15.9 Å². The first-order chi connectivity index (χ1) is 13.0. The molecule has 1 amide bonds. The van der Waals surface area contributed by atoms with Crippen molar-refractivity contribution in [2.45, 2.75) is 44.7 Å². The third-order valence-corrected chi connectivity index (χ3v) is 7.05. The minimum Gasteiger partial charge on any atom is -0.369 e. The van der Waals surface area contributed by atoms with Crippen LogP contribution in [0, 0.1) is 13.8 Å². The summed E-state index contributed by atoms with van der Waals surface area (Å²) >= 11 is 2.84. The van der Waals surface area contributed by atoms with Gasteiger partial charge in [-0.3, -0.25) is 14.2 Å². The van der Waals surface area contributed by atoms with Crippen molar-refractivity contribution in [3.05, 3.63) is 50.1 Å². The second kappa shape index (κ2) is 7.13. The molecule has 3 aromatic rings. The highest BCUT2D eigenvalue weighted by Gasteiger charge is 2.23. The molecule has 1 aliphatic carbocycles. The molecule has 1 aliphatic rings. The quantitative estimate of drug-likeness (QED) is 0.538. The summed E-state index contributed by atoms with van der Waals surface area (Å²) < 4.78 is 1.67. The Morgan fingerprint density at radius 2 is 2.07 bits per heavy atom. The van der Waals surface area contributed by atoms with Gasteiger partial charge in [0.05, 0.1) is 16.8 Å². The molecule has 0 saturated heterocycles. The molecule has 2 N–H and O–H groups in total. The number of rotatable bonds is 4. The van der Waals surface area contributed by atoms with E-state index in [0.717, 1.165) is 52.7 Å². The number of primary amides is 1. The van der Waals surface area contributed by atoms with Crippen LogP contribution in [0.15, 0.2) is 28.2 Å². The van der Waals surface area contributed by atoms with Gasteiger partial charge in [-0.05, 0) is 62.3 Å². The van der Waals surface area contributed by atoms with Crippen molar-refractivity contribution >= 4 is 39.2 Å². The first-order valence-corrected chi connectivity index (χ1v) is 10.8. The maximum absolute atomic E-state index is 13.6. The molecule has 27 heavy (non-hydrogen) atoms. The Kier molecular flexibility index (Phi) is 4.82. The van der Waals surface area contributed by atoms with E-state index in [2.05, 4.69) is 0 Å². The Morgan fingerprint density at radius 1 is 1.30 bits per heavy atom. The predicted molar refractivity (Wildman–Crippen MR) is 111 cm³/mol. The van der Waals surface area contributed by atoms with Crippen molar-refractivity contribution in [2.24, 2.45) is 5.73 Å². The Labute approximate surface area is 165 Å². The number of thiophene rings is 1. The summed E-state index contributed by atoms with van der Waals surface area (Å²) in [6.45, 7) is 3.99. The Hall–Kier alpha value is -2.12. The van der Waals surface area contributed by atoms with Crippen LogP contribution in [0.4, 0.5) is 0 Å². The van der Waals surface area contributed by atoms with Gasteiger partial charge >= 0.3 is 0 Å². The second-order valence-corrected chi connectivity index (χ2v) is 9.00. The lowest BCUT2D eigenvalue weighted by Gasteiger charge is -2.15. The molecule has 5 nitrogen and oxygen atoms in total. The van der Waals surface area contributed by atoms with E-state index in [0.29, 0.717) is 5.16 Å². The lowest BCUT2D eigenvalue weighted by Crippen LogP contribution is -2.24. The molecule has 0 fully saturated rings. The number of carbonyl (C=O) groups excluding carboxylic acids is 1. The lowest BCUT2D eigenvalue weighted by atomic mass is 9.97. The fourth-order valence-electron chi connectivity index (χ4n) is 3.59. The van der Waals surface area contributed by atoms with Gasteiger partial charge in [0.25, 0.3) is 5.56 Å². The Morgan fingerprint density at radius 3 is 2.85 bits per heavy atom. The summed E-state index contributed by atoms with van der Waals surface area (Å²) in [6.07, 6.45) is 4.23. The number of nitrogens with two attached hydrogens (primary N) is 1. The molecule has 1 aromatic carbocycles. The zero-order valence-corrected chi connectivity index (χ0v) is 17.0. The average molecular weight is 400 g/mol. The van der Waals surface area contributed by atoms with E-state index >= 15 is 0 Å². The van der Waals surface area contributed by atoms with E-state index < -0.39 is 5.91 Å². The number of aryl methyl sites for hydroxylation is 4. The van der Waals surface area contributed by atoms with Crippen LogP contribution >= 0.6 is 23.1 Å². The summed E-state index contributed by atoms with van der Waals surface area (Å²) in [4.78, 5) is 31.8. The van der Waals surface area contributed by atoms with Gasteiger partial charge in [0, 0.05) is 4.88 Å². The molecule has 4 rings (SSSR count). The van der Waals surface area contributed by atoms with E-state index in [1.807, 2.05) is 32.0 Å². The summed E-state index contributed by atoms with van der Waals surface area (Å²) in [5.74, 6) is -0.333. The zero-order chi connectivity index (χ0) is 19.1. The molecule has 0 radical (unpaired) electrons. The third kappa shape index (κ3) is 3.30. The highest BCUT2D eigenvalue weighted by molar-refractivity contribution is 7.99.